The van der Waals surface area contributed by atoms with Gasteiger partial charge in [0, 0.05) is 17.1 Å². The maximum atomic E-state index is 6.30. The molecule has 19 heavy (non-hydrogen) atoms. The quantitative estimate of drug-likeness (QED) is 0.858. The Labute approximate surface area is 125 Å². The maximum Gasteiger partial charge on any atom is 0.0318 e. The van der Waals surface area contributed by atoms with Crippen LogP contribution in [0.25, 0.3) is 0 Å². The van der Waals surface area contributed by atoms with E-state index < -0.39 is 0 Å². The van der Waals surface area contributed by atoms with Gasteiger partial charge in [-0.15, -0.1) is 0 Å². The fourth-order valence-corrected chi connectivity index (χ4v) is 3.59. The molecule has 0 spiro atoms. The van der Waals surface area contributed by atoms with Gasteiger partial charge >= 0.3 is 0 Å². The molecule has 1 aromatic carbocycles. The Hall–Kier alpha value is -0.380. The van der Waals surface area contributed by atoms with Crippen molar-refractivity contribution in [2.75, 3.05) is 20.1 Å². The molecule has 3 heteroatoms. The lowest BCUT2D eigenvalue weighted by molar-refractivity contribution is 0.268. The summed E-state index contributed by atoms with van der Waals surface area (Å²) in [6.07, 6.45) is 6.71. The second-order valence-electron chi connectivity index (χ2n) is 5.83. The van der Waals surface area contributed by atoms with Crippen molar-refractivity contribution in [1.29, 1.82) is 0 Å². The van der Waals surface area contributed by atoms with Crippen molar-refractivity contribution in [2.24, 2.45) is 11.7 Å². The highest BCUT2D eigenvalue weighted by molar-refractivity contribution is 9.10. The van der Waals surface area contributed by atoms with Gasteiger partial charge in [0.15, 0.2) is 0 Å². The molecule has 0 radical (unpaired) electrons. The standard InChI is InChI=1S/C16H25BrN2/c1-19(12-13-6-2-3-7-13)11-10-16(18)14-8-4-5-9-15(14)17/h4-5,8-9,13,16H,2-3,6-7,10-12,18H2,1H3. The number of nitrogens with zero attached hydrogens (tertiary/aromatic N) is 1. The summed E-state index contributed by atoms with van der Waals surface area (Å²) in [5.74, 6) is 0.921. The Kier molecular flexibility index (Phi) is 5.86. The fourth-order valence-electron chi connectivity index (χ4n) is 3.02. The van der Waals surface area contributed by atoms with Crippen LogP contribution in [-0.2, 0) is 0 Å². The van der Waals surface area contributed by atoms with Crippen LogP contribution in [0, 0.1) is 5.92 Å². The molecule has 1 atom stereocenters. The minimum atomic E-state index is 0.126. The van der Waals surface area contributed by atoms with Crippen LogP contribution >= 0.6 is 15.9 Å². The summed E-state index contributed by atoms with van der Waals surface area (Å²) in [5.41, 5.74) is 7.51. The third-order valence-electron chi connectivity index (χ3n) is 4.17. The second kappa shape index (κ2) is 7.41. The van der Waals surface area contributed by atoms with Crippen molar-refractivity contribution in [3.63, 3.8) is 0 Å². The highest BCUT2D eigenvalue weighted by Gasteiger charge is 2.17. The summed E-state index contributed by atoms with van der Waals surface area (Å²) in [7, 11) is 2.23. The van der Waals surface area contributed by atoms with Gasteiger partial charge in [0.05, 0.1) is 0 Å². The van der Waals surface area contributed by atoms with Gasteiger partial charge in [-0.2, -0.15) is 0 Å². The SMILES string of the molecule is CN(CCC(N)c1ccccc1Br)CC1CCCC1. The van der Waals surface area contributed by atoms with Crippen LogP contribution in [0.3, 0.4) is 0 Å². The monoisotopic (exact) mass is 324 g/mol. The molecule has 0 amide bonds. The summed E-state index contributed by atoms with van der Waals surface area (Å²) < 4.78 is 1.13. The highest BCUT2D eigenvalue weighted by atomic mass is 79.9. The van der Waals surface area contributed by atoms with Crippen molar-refractivity contribution in [3.8, 4) is 0 Å². The Balaban J connectivity index is 1.76. The van der Waals surface area contributed by atoms with Gasteiger partial charge in [-0.05, 0) is 50.4 Å². The molecular formula is C16H25BrN2. The maximum absolute atomic E-state index is 6.30. The predicted octanol–water partition coefficient (Wildman–Crippen LogP) is 3.96. The van der Waals surface area contributed by atoms with E-state index in [0.29, 0.717) is 0 Å². The molecule has 2 N–H and O–H groups in total. The first kappa shape index (κ1) is 15.0. The first-order chi connectivity index (χ1) is 9.16. The molecule has 1 aliphatic rings. The molecule has 106 valence electrons. The first-order valence-electron chi connectivity index (χ1n) is 7.35. The molecule has 1 fully saturated rings. The number of nitrogens with two attached hydrogens (primary N) is 1. The van der Waals surface area contributed by atoms with Gasteiger partial charge < -0.3 is 10.6 Å². The summed E-state index contributed by atoms with van der Waals surface area (Å²) in [4.78, 5) is 2.45. The number of hydrogen-bond donors (Lipinski definition) is 1. The van der Waals surface area contributed by atoms with E-state index in [-0.39, 0.29) is 6.04 Å². The van der Waals surface area contributed by atoms with E-state index in [9.17, 15) is 0 Å². The second-order valence-corrected chi connectivity index (χ2v) is 6.68. The molecule has 2 nitrogen and oxygen atoms in total. The average molecular weight is 325 g/mol. The zero-order valence-electron chi connectivity index (χ0n) is 11.8. The normalized spacial score (nSPS) is 18.1. The van der Waals surface area contributed by atoms with Crippen LogP contribution in [0.1, 0.15) is 43.7 Å². The molecular weight excluding hydrogens is 300 g/mol. The van der Waals surface area contributed by atoms with E-state index in [1.54, 1.807) is 0 Å². The number of hydrogen-bond acceptors (Lipinski definition) is 2. The molecule has 2 rings (SSSR count). The molecule has 0 aromatic heterocycles. The van der Waals surface area contributed by atoms with Crippen LogP contribution in [0.15, 0.2) is 28.7 Å². The van der Waals surface area contributed by atoms with Gasteiger partial charge in [0.25, 0.3) is 0 Å². The van der Waals surface area contributed by atoms with Crippen molar-refractivity contribution < 1.29 is 0 Å². The topological polar surface area (TPSA) is 29.3 Å². The van der Waals surface area contributed by atoms with Gasteiger partial charge in [0.2, 0.25) is 0 Å². The van der Waals surface area contributed by atoms with Crippen molar-refractivity contribution in [2.45, 2.75) is 38.1 Å². The zero-order chi connectivity index (χ0) is 13.7. The third kappa shape index (κ3) is 4.59. The van der Waals surface area contributed by atoms with E-state index >= 15 is 0 Å². The van der Waals surface area contributed by atoms with Gasteiger partial charge in [0.1, 0.15) is 0 Å². The molecule has 1 saturated carbocycles. The van der Waals surface area contributed by atoms with Crippen molar-refractivity contribution in [3.05, 3.63) is 34.3 Å². The average Bonchev–Trinajstić information content (AvgIpc) is 2.89. The molecule has 0 bridgehead atoms. The summed E-state index contributed by atoms with van der Waals surface area (Å²) in [6.45, 7) is 2.32. The van der Waals surface area contributed by atoms with Crippen LogP contribution in [0.5, 0.6) is 0 Å². The van der Waals surface area contributed by atoms with E-state index in [2.05, 4.69) is 46.1 Å². The lowest BCUT2D eigenvalue weighted by Crippen LogP contribution is -2.28. The first-order valence-corrected chi connectivity index (χ1v) is 8.14. The Morgan fingerprint density at radius 3 is 2.68 bits per heavy atom. The lowest BCUT2D eigenvalue weighted by Gasteiger charge is -2.23. The minimum absolute atomic E-state index is 0.126. The van der Waals surface area contributed by atoms with Gasteiger partial charge in [-0.25, -0.2) is 0 Å². The number of rotatable bonds is 6. The molecule has 1 unspecified atom stereocenters. The van der Waals surface area contributed by atoms with Crippen molar-refractivity contribution >= 4 is 15.9 Å². The summed E-state index contributed by atoms with van der Waals surface area (Å²) in [5, 5.41) is 0. The highest BCUT2D eigenvalue weighted by Crippen LogP contribution is 2.26. The van der Waals surface area contributed by atoms with Crippen LogP contribution in [0.2, 0.25) is 0 Å². The van der Waals surface area contributed by atoms with Gasteiger partial charge in [-0.3, -0.25) is 0 Å². The Morgan fingerprint density at radius 2 is 2.00 bits per heavy atom. The Morgan fingerprint density at radius 1 is 1.32 bits per heavy atom. The van der Waals surface area contributed by atoms with Crippen molar-refractivity contribution in [1.82, 2.24) is 4.90 Å². The van der Waals surface area contributed by atoms with E-state index in [1.807, 2.05) is 6.07 Å². The number of halogens is 1. The smallest absolute Gasteiger partial charge is 0.0318 e. The zero-order valence-corrected chi connectivity index (χ0v) is 13.4. The van der Waals surface area contributed by atoms with E-state index in [4.69, 9.17) is 5.73 Å². The predicted molar refractivity (Wildman–Crippen MR) is 85.1 cm³/mol. The molecule has 0 saturated heterocycles. The number of benzene rings is 1. The lowest BCUT2D eigenvalue weighted by atomic mass is 10.0. The van der Waals surface area contributed by atoms with Crippen LogP contribution in [0.4, 0.5) is 0 Å². The summed E-state index contributed by atoms with van der Waals surface area (Å²) >= 11 is 3.58. The molecule has 1 aliphatic carbocycles. The van der Waals surface area contributed by atoms with E-state index in [0.717, 1.165) is 23.4 Å². The minimum Gasteiger partial charge on any atom is -0.324 e. The largest absolute Gasteiger partial charge is 0.324 e. The van der Waals surface area contributed by atoms with Crippen LogP contribution in [-0.4, -0.2) is 25.0 Å². The third-order valence-corrected chi connectivity index (χ3v) is 4.89. The van der Waals surface area contributed by atoms with Gasteiger partial charge in [-0.1, -0.05) is 47.0 Å². The molecule has 0 heterocycles. The van der Waals surface area contributed by atoms with Crippen LogP contribution < -0.4 is 5.73 Å². The Bertz CT molecular complexity index is 388. The molecule has 0 aliphatic heterocycles. The fraction of sp³-hybridized carbons (Fsp3) is 0.625. The summed E-state index contributed by atoms with van der Waals surface area (Å²) in [6, 6.07) is 8.40. The molecule has 1 aromatic rings. The van der Waals surface area contributed by atoms with E-state index in [1.165, 1.54) is 37.8 Å².